The first kappa shape index (κ1) is 18.2. The highest BCUT2D eigenvalue weighted by atomic mass is 35.5. The van der Waals surface area contributed by atoms with E-state index in [1.807, 2.05) is 0 Å². The van der Waals surface area contributed by atoms with Gasteiger partial charge >= 0.3 is 20.2 Å². The zero-order chi connectivity index (χ0) is 17.4. The molecule has 0 unspecified atom stereocenters. The lowest BCUT2D eigenvalue weighted by atomic mass is 10.2. The maximum atomic E-state index is 12.1. The molecule has 0 aliphatic heterocycles. The Labute approximate surface area is 145 Å². The average molecular weight is 395 g/mol. The molecule has 0 amide bonds. The summed E-state index contributed by atoms with van der Waals surface area (Å²) in [5, 5.41) is 0.371. The summed E-state index contributed by atoms with van der Waals surface area (Å²) in [5.74, 6) is 0. The third-order valence-electron chi connectivity index (χ3n) is 3.04. The largest absolute Gasteiger partial charge is 0.311 e. The van der Waals surface area contributed by atoms with Crippen LogP contribution in [0.3, 0.4) is 0 Å². The monoisotopic (exact) mass is 394 g/mol. The molecule has 2 aromatic carbocycles. The van der Waals surface area contributed by atoms with Crippen molar-refractivity contribution in [3.8, 4) is 0 Å². The Morgan fingerprint density at radius 3 is 1.39 bits per heavy atom. The van der Waals surface area contributed by atoms with Gasteiger partial charge in [-0.05, 0) is 49.2 Å². The lowest BCUT2D eigenvalue weighted by Crippen LogP contribution is -2.14. The van der Waals surface area contributed by atoms with E-state index in [-0.39, 0.29) is 19.8 Å². The normalized spacial score (nSPS) is 12.3. The van der Waals surface area contributed by atoms with Crippen LogP contribution in [-0.4, -0.2) is 16.8 Å². The number of hydrogen-bond acceptors (Lipinski definition) is 5. The Kier molecular flexibility index (Phi) is 5.08. The van der Waals surface area contributed by atoms with Crippen molar-refractivity contribution >= 4 is 43.4 Å². The van der Waals surface area contributed by atoms with Crippen molar-refractivity contribution in [2.45, 2.75) is 23.6 Å². The number of hydrogen-bond donors (Lipinski definition) is 0. The van der Waals surface area contributed by atoms with E-state index in [0.29, 0.717) is 11.1 Å². The van der Waals surface area contributed by atoms with Gasteiger partial charge in [0.25, 0.3) is 0 Å². The van der Waals surface area contributed by atoms with Crippen LogP contribution in [0.25, 0.3) is 0 Å². The van der Waals surface area contributed by atoms with Gasteiger partial charge < -0.3 is 0 Å². The maximum Gasteiger partial charge on any atom is 0.311 e. The van der Waals surface area contributed by atoms with Crippen LogP contribution < -0.4 is 0 Å². The molecule has 0 aliphatic rings. The fraction of sp³-hybridized carbons (Fsp3) is 0.143. The fourth-order valence-electron chi connectivity index (χ4n) is 1.65. The van der Waals surface area contributed by atoms with E-state index >= 15 is 0 Å². The highest BCUT2D eigenvalue weighted by Gasteiger charge is 2.27. The summed E-state index contributed by atoms with van der Waals surface area (Å²) in [6.45, 7) is 3.37. The van der Waals surface area contributed by atoms with Gasteiger partial charge in [-0.15, -0.1) is 3.63 Å². The van der Waals surface area contributed by atoms with Gasteiger partial charge in [0.2, 0.25) is 0 Å². The van der Waals surface area contributed by atoms with Crippen LogP contribution in [0.1, 0.15) is 11.1 Å². The van der Waals surface area contributed by atoms with Crippen molar-refractivity contribution in [2.75, 3.05) is 0 Å². The first-order chi connectivity index (χ1) is 10.5. The molecule has 23 heavy (non-hydrogen) atoms. The number of rotatable bonds is 4. The van der Waals surface area contributed by atoms with Crippen LogP contribution in [0, 0.1) is 13.8 Å². The lowest BCUT2D eigenvalue weighted by molar-refractivity contribution is 0.461. The van der Waals surface area contributed by atoms with Crippen LogP contribution in [0.15, 0.2) is 46.2 Å². The Hall–Kier alpha value is -1.12. The van der Waals surface area contributed by atoms with Gasteiger partial charge in [-0.2, -0.15) is 16.8 Å². The third-order valence-corrected chi connectivity index (χ3v) is 6.95. The van der Waals surface area contributed by atoms with Gasteiger partial charge in [0.05, 0.1) is 9.79 Å². The molecule has 0 aromatic heterocycles. The van der Waals surface area contributed by atoms with E-state index in [9.17, 15) is 16.8 Å². The summed E-state index contributed by atoms with van der Waals surface area (Å²) in [4.78, 5) is -0.704. The van der Waals surface area contributed by atoms with Crippen molar-refractivity contribution in [2.24, 2.45) is 0 Å². The molecule has 0 radical (unpaired) electrons. The zero-order valence-electron chi connectivity index (χ0n) is 12.1. The molecule has 0 atom stereocenters. The summed E-state index contributed by atoms with van der Waals surface area (Å²) >= 11 is 11.7. The van der Waals surface area contributed by atoms with E-state index in [1.165, 1.54) is 24.3 Å². The van der Waals surface area contributed by atoms with Crippen molar-refractivity contribution in [3.63, 3.8) is 0 Å². The maximum absolute atomic E-state index is 12.1. The molecule has 0 fully saturated rings. The van der Waals surface area contributed by atoms with E-state index in [1.54, 1.807) is 13.8 Å². The Bertz CT molecular complexity index is 887. The molecule has 0 spiro atoms. The molecule has 2 aromatic rings. The van der Waals surface area contributed by atoms with Crippen LogP contribution in [-0.2, 0) is 23.9 Å². The van der Waals surface area contributed by atoms with E-state index in [4.69, 9.17) is 23.2 Å². The van der Waals surface area contributed by atoms with Gasteiger partial charge in [0.1, 0.15) is 0 Å². The highest BCUT2D eigenvalue weighted by Crippen LogP contribution is 2.26. The van der Waals surface area contributed by atoms with E-state index < -0.39 is 20.2 Å². The van der Waals surface area contributed by atoms with Crippen molar-refractivity contribution < 1.29 is 20.5 Å². The van der Waals surface area contributed by atoms with Gasteiger partial charge in [0, 0.05) is 10.0 Å². The number of aryl methyl sites for hydroxylation is 2. The van der Waals surface area contributed by atoms with Crippen LogP contribution in [0.4, 0.5) is 0 Å². The second-order valence-electron chi connectivity index (χ2n) is 4.80. The molecule has 0 aliphatic carbocycles. The van der Waals surface area contributed by atoms with Crippen molar-refractivity contribution in [1.29, 1.82) is 0 Å². The quantitative estimate of drug-likeness (QED) is 0.789. The summed E-state index contributed by atoms with van der Waals surface area (Å²) in [6.07, 6.45) is 0. The minimum Gasteiger partial charge on any atom is -0.193 e. The Morgan fingerprint density at radius 1 is 0.739 bits per heavy atom. The number of benzene rings is 2. The molecule has 0 heterocycles. The molecule has 0 saturated carbocycles. The van der Waals surface area contributed by atoms with E-state index in [0.717, 1.165) is 12.1 Å². The predicted molar refractivity (Wildman–Crippen MR) is 87.8 cm³/mol. The molecule has 124 valence electrons. The summed E-state index contributed by atoms with van der Waals surface area (Å²) < 4.78 is 53.0. The summed E-state index contributed by atoms with van der Waals surface area (Å²) in [6, 6.07) is 7.60. The van der Waals surface area contributed by atoms with Crippen LogP contribution in [0.5, 0.6) is 0 Å². The first-order valence-corrected chi connectivity index (χ1v) is 9.83. The standard InChI is InChI=1S/C14H12Cl2O5S2/c1-9-3-5-11(7-13(9)15)22(17,18)21-23(19,20)12-6-4-10(2)14(16)8-12/h3-8H,1-2H3. The molecule has 2 rings (SSSR count). The molecule has 5 nitrogen and oxygen atoms in total. The Balaban J connectivity index is 2.42. The second kappa shape index (κ2) is 6.41. The first-order valence-electron chi connectivity index (χ1n) is 6.26. The van der Waals surface area contributed by atoms with Gasteiger partial charge in [-0.3, -0.25) is 0 Å². The fourth-order valence-corrected chi connectivity index (χ4v) is 4.71. The second-order valence-corrected chi connectivity index (χ2v) is 8.92. The van der Waals surface area contributed by atoms with Crippen molar-refractivity contribution in [3.05, 3.63) is 57.6 Å². The molecule has 0 saturated heterocycles. The molecule has 9 heteroatoms. The van der Waals surface area contributed by atoms with E-state index in [2.05, 4.69) is 3.63 Å². The number of halogens is 2. The SMILES string of the molecule is Cc1ccc(S(=O)(=O)OS(=O)(=O)c2ccc(C)c(Cl)c2)cc1Cl. The molecule has 0 N–H and O–H groups in total. The lowest BCUT2D eigenvalue weighted by Gasteiger charge is -2.08. The molecular weight excluding hydrogens is 383 g/mol. The zero-order valence-corrected chi connectivity index (χ0v) is 15.2. The third kappa shape index (κ3) is 4.05. The van der Waals surface area contributed by atoms with Crippen LogP contribution >= 0.6 is 23.2 Å². The average Bonchev–Trinajstić information content (AvgIpc) is 2.43. The smallest absolute Gasteiger partial charge is 0.193 e. The molecular formula is C14H12Cl2O5S2. The summed E-state index contributed by atoms with van der Waals surface area (Å²) in [7, 11) is -9.09. The van der Waals surface area contributed by atoms with Gasteiger partial charge in [0.15, 0.2) is 0 Å². The van der Waals surface area contributed by atoms with Crippen LogP contribution in [0.2, 0.25) is 10.0 Å². The minimum absolute atomic E-state index is 0.186. The Morgan fingerprint density at radius 2 is 1.09 bits per heavy atom. The summed E-state index contributed by atoms with van der Waals surface area (Å²) in [5.41, 5.74) is 1.30. The predicted octanol–water partition coefficient (Wildman–Crippen LogP) is 3.70. The highest BCUT2D eigenvalue weighted by molar-refractivity contribution is 7.99. The minimum atomic E-state index is -4.54. The topological polar surface area (TPSA) is 77.5 Å². The van der Waals surface area contributed by atoms with Gasteiger partial charge in [-0.1, -0.05) is 35.3 Å². The van der Waals surface area contributed by atoms with Crippen molar-refractivity contribution in [1.82, 2.24) is 0 Å². The van der Waals surface area contributed by atoms with Gasteiger partial charge in [-0.25, -0.2) is 0 Å². The molecule has 0 bridgehead atoms.